The average molecular weight is 570 g/mol. The van der Waals surface area contributed by atoms with Gasteiger partial charge in [-0.1, -0.05) is 20.8 Å². The van der Waals surface area contributed by atoms with E-state index >= 15 is 0 Å². The fourth-order valence-corrected chi connectivity index (χ4v) is 9.95. The summed E-state index contributed by atoms with van der Waals surface area (Å²) in [5, 5.41) is 61.3. The largest absolute Gasteiger partial charge is 0.394 e. The Labute approximate surface area is 239 Å². The topological polar surface area (TPSA) is 160 Å². The van der Waals surface area contributed by atoms with Gasteiger partial charge in [0.05, 0.1) is 24.9 Å². The van der Waals surface area contributed by atoms with Crippen LogP contribution in [0.5, 0.6) is 0 Å². The molecule has 0 aliphatic heterocycles. The highest BCUT2D eigenvalue weighted by Crippen LogP contribution is 2.68. The van der Waals surface area contributed by atoms with E-state index in [-0.39, 0.29) is 35.5 Å². The maximum atomic E-state index is 12.6. The van der Waals surface area contributed by atoms with E-state index in [9.17, 15) is 30.3 Å². The van der Waals surface area contributed by atoms with Gasteiger partial charge in [-0.05, 0) is 104 Å². The fourth-order valence-electron chi connectivity index (χ4n) is 9.95. The van der Waals surface area contributed by atoms with E-state index in [1.54, 1.807) is 0 Å². The molecule has 1 unspecified atom stereocenters. The van der Waals surface area contributed by atoms with Gasteiger partial charge < -0.3 is 40.7 Å². The van der Waals surface area contributed by atoms with Crippen molar-refractivity contribution in [3.8, 4) is 0 Å². The van der Waals surface area contributed by atoms with Crippen molar-refractivity contribution < 1.29 is 40.2 Å². The first-order chi connectivity index (χ1) is 18.9. The quantitative estimate of drug-likeness (QED) is 0.198. The number of fused-ring (bicyclic) bond motifs is 5. The van der Waals surface area contributed by atoms with E-state index in [0.717, 1.165) is 32.1 Å². The lowest BCUT2D eigenvalue weighted by atomic mass is 9.43. The Morgan fingerprint density at radius 3 is 2.27 bits per heavy atom. The number of hydrogen-bond acceptors (Lipinski definition) is 8. The molecule has 0 aromatic heterocycles. The molecule has 232 valence electrons. The van der Waals surface area contributed by atoms with Gasteiger partial charge in [-0.25, -0.2) is 0 Å². The number of ether oxygens (including phenoxy) is 1. The van der Waals surface area contributed by atoms with Crippen LogP contribution in [-0.4, -0.2) is 93.4 Å². The van der Waals surface area contributed by atoms with Crippen LogP contribution in [0.15, 0.2) is 0 Å². The van der Waals surface area contributed by atoms with Crippen LogP contribution in [-0.2, 0) is 9.53 Å². The van der Waals surface area contributed by atoms with Crippen LogP contribution in [0.1, 0.15) is 85.0 Å². The molecule has 14 atom stereocenters. The van der Waals surface area contributed by atoms with E-state index in [2.05, 4.69) is 26.1 Å². The van der Waals surface area contributed by atoms with Gasteiger partial charge in [0.15, 0.2) is 0 Å². The third-order valence-corrected chi connectivity index (χ3v) is 12.4. The van der Waals surface area contributed by atoms with Crippen LogP contribution in [0.2, 0.25) is 0 Å². The number of amides is 1. The highest BCUT2D eigenvalue weighted by molar-refractivity contribution is 5.75. The molecule has 7 N–H and O–H groups in total. The number of hydrogen-bond donors (Lipinski definition) is 7. The lowest BCUT2D eigenvalue weighted by Crippen LogP contribution is -2.59. The molecular weight excluding hydrogens is 514 g/mol. The van der Waals surface area contributed by atoms with Crippen molar-refractivity contribution in [1.29, 1.82) is 0 Å². The van der Waals surface area contributed by atoms with Crippen molar-refractivity contribution in [3.05, 3.63) is 0 Å². The standard InChI is InChI=1S/C31H55NO8/c1-17(5-8-26(37)32-15-23(35)28(38)29(39)24(36)16-33)20-6-7-21-27-22(10-12-31(20,21)3)30(2)11-9-19(34)13-18(30)14-25(27)40-4/h17-25,27-29,33-36,38-39H,5-16H2,1-4H3,(H,32,37)/t17-,18+,19-,20?,21+,22+,23+,24-,25-,27+,28-,29-,30+,31-/m1/s1. The minimum absolute atomic E-state index is 0.172. The molecule has 0 heterocycles. The lowest BCUT2D eigenvalue weighted by Gasteiger charge is -2.63. The average Bonchev–Trinajstić information content (AvgIpc) is 3.30. The number of nitrogens with one attached hydrogen (secondary N) is 1. The summed E-state index contributed by atoms with van der Waals surface area (Å²) in [6, 6.07) is 0. The summed E-state index contributed by atoms with van der Waals surface area (Å²) >= 11 is 0. The minimum Gasteiger partial charge on any atom is -0.394 e. The zero-order valence-electron chi connectivity index (χ0n) is 24.9. The zero-order chi connectivity index (χ0) is 29.4. The molecule has 0 saturated heterocycles. The second-order valence-corrected chi connectivity index (χ2v) is 14.3. The molecule has 4 rings (SSSR count). The summed E-state index contributed by atoms with van der Waals surface area (Å²) in [7, 11) is 1.87. The van der Waals surface area contributed by atoms with Crippen LogP contribution in [0.25, 0.3) is 0 Å². The molecule has 0 radical (unpaired) electrons. The highest BCUT2D eigenvalue weighted by Gasteiger charge is 2.63. The number of carbonyl (C=O) groups is 1. The number of aliphatic hydroxyl groups is 6. The molecule has 1 amide bonds. The zero-order valence-corrected chi connectivity index (χ0v) is 24.9. The number of aliphatic hydroxyl groups excluding tert-OH is 6. The Morgan fingerprint density at radius 1 is 0.950 bits per heavy atom. The van der Waals surface area contributed by atoms with Crippen LogP contribution in [0.4, 0.5) is 0 Å². The molecule has 0 aromatic carbocycles. The van der Waals surface area contributed by atoms with E-state index in [4.69, 9.17) is 9.84 Å². The summed E-state index contributed by atoms with van der Waals surface area (Å²) in [6.45, 7) is 6.25. The Hall–Kier alpha value is -0.810. The van der Waals surface area contributed by atoms with Crippen LogP contribution < -0.4 is 5.32 Å². The van der Waals surface area contributed by atoms with Gasteiger partial charge >= 0.3 is 0 Å². The van der Waals surface area contributed by atoms with Crippen molar-refractivity contribution in [2.75, 3.05) is 20.3 Å². The minimum atomic E-state index is -1.71. The van der Waals surface area contributed by atoms with Gasteiger partial charge in [-0.3, -0.25) is 4.79 Å². The normalized spacial score (nSPS) is 43.0. The molecule has 40 heavy (non-hydrogen) atoms. The lowest BCUT2D eigenvalue weighted by molar-refractivity contribution is -0.181. The molecule has 4 saturated carbocycles. The second kappa shape index (κ2) is 12.8. The smallest absolute Gasteiger partial charge is 0.220 e. The second-order valence-electron chi connectivity index (χ2n) is 14.3. The van der Waals surface area contributed by atoms with E-state index in [1.165, 1.54) is 25.7 Å². The maximum absolute atomic E-state index is 12.6. The molecule has 9 nitrogen and oxygen atoms in total. The summed E-state index contributed by atoms with van der Waals surface area (Å²) in [5.74, 6) is 3.01. The summed E-state index contributed by atoms with van der Waals surface area (Å²) < 4.78 is 6.20. The Morgan fingerprint density at radius 2 is 1.60 bits per heavy atom. The molecule has 9 heteroatoms. The molecule has 0 bridgehead atoms. The van der Waals surface area contributed by atoms with Crippen molar-refractivity contribution in [3.63, 3.8) is 0 Å². The van der Waals surface area contributed by atoms with Crippen molar-refractivity contribution in [2.24, 2.45) is 46.3 Å². The molecular formula is C31H55NO8. The Kier molecular flexibility index (Phi) is 10.3. The van der Waals surface area contributed by atoms with E-state index < -0.39 is 31.0 Å². The third-order valence-electron chi connectivity index (χ3n) is 12.4. The first-order valence-electron chi connectivity index (χ1n) is 15.7. The van der Waals surface area contributed by atoms with E-state index in [1.807, 2.05) is 7.11 Å². The SMILES string of the molecule is CO[C@@H]1C[C@@H]2C[C@H](O)CC[C@]2(C)[C@H]2CC[C@]3(C)C([C@H](C)CCC(=O)NC[C@H](O)[C@@H](O)[C@H](O)[C@H](O)CO)CC[C@H]3[C@H]12. The first kappa shape index (κ1) is 32.1. The number of carbonyl (C=O) groups excluding carboxylic acids is 1. The monoisotopic (exact) mass is 569 g/mol. The van der Waals surface area contributed by atoms with Crippen molar-refractivity contribution >= 4 is 5.91 Å². The molecule has 0 spiro atoms. The summed E-state index contributed by atoms with van der Waals surface area (Å²) in [5.41, 5.74) is 0.502. The van der Waals surface area contributed by atoms with Crippen LogP contribution in [0, 0.1) is 46.3 Å². The van der Waals surface area contributed by atoms with Crippen LogP contribution in [0.3, 0.4) is 0 Å². The van der Waals surface area contributed by atoms with Gasteiger partial charge in [0.1, 0.15) is 18.3 Å². The molecule has 4 fully saturated rings. The predicted octanol–water partition coefficient (Wildman–Crippen LogP) is 1.60. The third kappa shape index (κ3) is 5.99. The molecule has 0 aromatic rings. The van der Waals surface area contributed by atoms with Gasteiger partial charge in [0.25, 0.3) is 0 Å². The Bertz CT molecular complexity index is 859. The van der Waals surface area contributed by atoms with Gasteiger partial charge in [0.2, 0.25) is 5.91 Å². The van der Waals surface area contributed by atoms with Crippen molar-refractivity contribution in [2.45, 2.75) is 122 Å². The molecule has 4 aliphatic rings. The van der Waals surface area contributed by atoms with Gasteiger partial charge in [-0.15, -0.1) is 0 Å². The van der Waals surface area contributed by atoms with Crippen molar-refractivity contribution in [1.82, 2.24) is 5.32 Å². The first-order valence-corrected chi connectivity index (χ1v) is 15.7. The van der Waals surface area contributed by atoms with Gasteiger partial charge in [0, 0.05) is 20.1 Å². The highest BCUT2D eigenvalue weighted by atomic mass is 16.5. The summed E-state index contributed by atoms with van der Waals surface area (Å²) in [4.78, 5) is 12.6. The maximum Gasteiger partial charge on any atom is 0.220 e. The number of rotatable bonds is 11. The molecule has 4 aliphatic carbocycles. The van der Waals surface area contributed by atoms with E-state index in [0.29, 0.717) is 41.9 Å². The van der Waals surface area contributed by atoms with Crippen LogP contribution >= 0.6 is 0 Å². The fraction of sp³-hybridized carbons (Fsp3) is 0.968. The predicted molar refractivity (Wildman–Crippen MR) is 150 cm³/mol. The Balaban J connectivity index is 1.33. The summed E-state index contributed by atoms with van der Waals surface area (Å²) in [6.07, 6.45) is 3.48. The number of methoxy groups -OCH3 is 1. The van der Waals surface area contributed by atoms with Gasteiger partial charge in [-0.2, -0.15) is 0 Å².